The second-order valence-corrected chi connectivity index (χ2v) is 9.24. The van der Waals surface area contributed by atoms with Gasteiger partial charge < -0.3 is 9.47 Å². The normalized spacial score (nSPS) is 20.5. The number of allylic oxidation sites excluding steroid dienone is 2. The van der Waals surface area contributed by atoms with Crippen molar-refractivity contribution in [1.82, 2.24) is 0 Å². The molecule has 0 N–H and O–H groups in total. The van der Waals surface area contributed by atoms with Gasteiger partial charge in [-0.15, -0.1) is 0 Å². The van der Waals surface area contributed by atoms with E-state index in [1.54, 1.807) is 38.5 Å². The molecule has 4 nitrogen and oxygen atoms in total. The average Bonchev–Trinajstić information content (AvgIpc) is 2.54. The number of methoxy groups -OCH3 is 2. The van der Waals surface area contributed by atoms with Gasteiger partial charge in [0.1, 0.15) is 5.25 Å². The molecule has 2 rings (SSSR count). The van der Waals surface area contributed by atoms with Crippen LogP contribution in [0.15, 0.2) is 54.1 Å². The van der Waals surface area contributed by atoms with Crippen LogP contribution in [0.3, 0.4) is 0 Å². The molecule has 0 bridgehead atoms. The second kappa shape index (κ2) is 7.00. The molecule has 0 aliphatic heterocycles. The van der Waals surface area contributed by atoms with Crippen molar-refractivity contribution >= 4 is 19.7 Å². The van der Waals surface area contributed by atoms with Crippen molar-refractivity contribution in [2.45, 2.75) is 31.3 Å². The number of hydrogen-bond acceptors (Lipinski definition) is 4. The van der Waals surface area contributed by atoms with Gasteiger partial charge in [-0.2, -0.15) is 0 Å². The number of rotatable bonds is 6. The Kier molecular flexibility index (Phi) is 5.60. The highest BCUT2D eigenvalue weighted by Crippen LogP contribution is 2.43. The second-order valence-electron chi connectivity index (χ2n) is 6.43. The Morgan fingerprint density at radius 1 is 1.08 bits per heavy atom. The van der Waals surface area contributed by atoms with E-state index in [4.69, 9.17) is 20.2 Å². The molecule has 0 heterocycles. The molecule has 0 saturated carbocycles. The van der Waals surface area contributed by atoms with Crippen LogP contribution in [0, 0.1) is 5.41 Å². The number of ether oxygens (including phenoxy) is 2. The average molecular weight is 371 g/mol. The lowest BCUT2D eigenvalue weighted by Crippen LogP contribution is -2.35. The highest BCUT2D eigenvalue weighted by atomic mass is 35.7. The molecule has 1 aromatic rings. The minimum absolute atomic E-state index is 0.266. The molecule has 0 saturated heterocycles. The van der Waals surface area contributed by atoms with E-state index in [1.165, 1.54) is 0 Å². The SMILES string of the molecule is COC1(OC)C=CC(C)(C)C(CC(c2ccccc2)S(=O)(=O)Cl)=C1. The zero-order valence-electron chi connectivity index (χ0n) is 14.3. The van der Waals surface area contributed by atoms with E-state index >= 15 is 0 Å². The Balaban J connectivity index is 2.46. The molecule has 0 spiro atoms. The Bertz CT molecular complexity index is 732. The smallest absolute Gasteiger partial charge is 0.239 e. The monoisotopic (exact) mass is 370 g/mol. The molecule has 1 atom stereocenters. The largest absolute Gasteiger partial charge is 0.346 e. The van der Waals surface area contributed by atoms with Gasteiger partial charge in [0.05, 0.1) is 0 Å². The van der Waals surface area contributed by atoms with Gasteiger partial charge in [-0.25, -0.2) is 8.42 Å². The van der Waals surface area contributed by atoms with Crippen LogP contribution >= 0.6 is 10.7 Å². The summed E-state index contributed by atoms with van der Waals surface area (Å²) in [4.78, 5) is 0. The maximum absolute atomic E-state index is 12.2. The van der Waals surface area contributed by atoms with Gasteiger partial charge in [-0.05, 0) is 24.1 Å². The van der Waals surface area contributed by atoms with Crippen LogP contribution in [-0.4, -0.2) is 28.4 Å². The molecule has 1 unspecified atom stereocenters. The van der Waals surface area contributed by atoms with Crippen molar-refractivity contribution in [3.63, 3.8) is 0 Å². The van der Waals surface area contributed by atoms with E-state index in [1.807, 2.05) is 38.1 Å². The lowest BCUT2D eigenvalue weighted by molar-refractivity contribution is -0.135. The minimum atomic E-state index is -3.79. The summed E-state index contributed by atoms with van der Waals surface area (Å²) < 4.78 is 35.3. The Morgan fingerprint density at radius 3 is 2.17 bits per heavy atom. The van der Waals surface area contributed by atoms with Gasteiger partial charge in [0, 0.05) is 30.3 Å². The van der Waals surface area contributed by atoms with Crippen molar-refractivity contribution in [3.05, 3.63) is 59.7 Å². The van der Waals surface area contributed by atoms with E-state index in [0.29, 0.717) is 5.56 Å². The van der Waals surface area contributed by atoms with E-state index in [-0.39, 0.29) is 11.8 Å². The first-order chi connectivity index (χ1) is 11.1. The highest BCUT2D eigenvalue weighted by molar-refractivity contribution is 8.13. The van der Waals surface area contributed by atoms with E-state index in [0.717, 1.165) is 5.57 Å². The summed E-state index contributed by atoms with van der Waals surface area (Å²) in [7, 11) is 5.05. The molecule has 132 valence electrons. The zero-order valence-corrected chi connectivity index (χ0v) is 15.9. The maximum atomic E-state index is 12.2. The summed E-state index contributed by atoms with van der Waals surface area (Å²) >= 11 is 0. The van der Waals surface area contributed by atoms with Gasteiger partial charge in [-0.3, -0.25) is 0 Å². The zero-order chi connectivity index (χ0) is 18.0. The van der Waals surface area contributed by atoms with Crippen molar-refractivity contribution in [3.8, 4) is 0 Å². The van der Waals surface area contributed by atoms with Gasteiger partial charge in [0.25, 0.3) is 0 Å². The minimum Gasteiger partial charge on any atom is -0.346 e. The standard InChI is InChI=1S/C18H23ClO4S/c1-17(2)10-11-18(22-3,23-4)13-15(17)12-16(24(19,20)21)14-8-6-5-7-9-14/h5-11,13,16H,12H2,1-4H3. The van der Waals surface area contributed by atoms with Crippen molar-refractivity contribution < 1.29 is 17.9 Å². The molecule has 0 fully saturated rings. The third kappa shape index (κ3) is 4.09. The molecule has 6 heteroatoms. The van der Waals surface area contributed by atoms with Crippen LogP contribution in [0.2, 0.25) is 0 Å². The molecule has 1 aliphatic rings. The highest BCUT2D eigenvalue weighted by Gasteiger charge is 2.37. The first-order valence-electron chi connectivity index (χ1n) is 7.65. The Morgan fingerprint density at radius 2 is 1.67 bits per heavy atom. The van der Waals surface area contributed by atoms with Crippen LogP contribution in [0.25, 0.3) is 0 Å². The van der Waals surface area contributed by atoms with Crippen molar-refractivity contribution in [2.75, 3.05) is 14.2 Å². The van der Waals surface area contributed by atoms with Crippen LogP contribution in [0.1, 0.15) is 31.1 Å². The van der Waals surface area contributed by atoms with Crippen molar-refractivity contribution in [2.24, 2.45) is 5.41 Å². The number of halogens is 1. The quantitative estimate of drug-likeness (QED) is 0.428. The summed E-state index contributed by atoms with van der Waals surface area (Å²) in [6.45, 7) is 4.04. The summed E-state index contributed by atoms with van der Waals surface area (Å²) in [6, 6.07) is 9.00. The van der Waals surface area contributed by atoms with Gasteiger partial charge in [-0.1, -0.05) is 55.8 Å². The molecule has 0 amide bonds. The topological polar surface area (TPSA) is 52.6 Å². The van der Waals surface area contributed by atoms with E-state index in [2.05, 4.69) is 0 Å². The fraction of sp³-hybridized carbons (Fsp3) is 0.444. The molecule has 1 aromatic carbocycles. The molecule has 1 aliphatic carbocycles. The third-order valence-corrected chi connectivity index (χ3v) is 6.25. The lowest BCUT2D eigenvalue weighted by atomic mass is 9.76. The summed E-state index contributed by atoms with van der Waals surface area (Å²) in [5.41, 5.74) is 1.24. The summed E-state index contributed by atoms with van der Waals surface area (Å²) in [6.07, 6.45) is 5.91. The Hall–Kier alpha value is -1.14. The van der Waals surface area contributed by atoms with Crippen LogP contribution in [-0.2, 0) is 18.5 Å². The van der Waals surface area contributed by atoms with Crippen molar-refractivity contribution in [1.29, 1.82) is 0 Å². The van der Waals surface area contributed by atoms with Crippen LogP contribution in [0.4, 0.5) is 0 Å². The predicted octanol–water partition coefficient (Wildman–Crippen LogP) is 4.20. The first-order valence-corrected chi connectivity index (χ1v) is 10.0. The predicted molar refractivity (Wildman–Crippen MR) is 96.3 cm³/mol. The first kappa shape index (κ1) is 19.2. The van der Waals surface area contributed by atoms with Gasteiger partial charge in [0.2, 0.25) is 14.8 Å². The van der Waals surface area contributed by atoms with Gasteiger partial charge in [0.15, 0.2) is 0 Å². The molecule has 24 heavy (non-hydrogen) atoms. The van der Waals surface area contributed by atoms with Crippen LogP contribution in [0.5, 0.6) is 0 Å². The number of hydrogen-bond donors (Lipinski definition) is 0. The van der Waals surface area contributed by atoms with Crippen LogP contribution < -0.4 is 0 Å². The molecule has 0 aromatic heterocycles. The summed E-state index contributed by atoms with van der Waals surface area (Å²) in [5.74, 6) is -0.984. The van der Waals surface area contributed by atoms with E-state index in [9.17, 15) is 8.42 Å². The third-order valence-electron chi connectivity index (χ3n) is 4.49. The fourth-order valence-electron chi connectivity index (χ4n) is 2.82. The molecular formula is C18H23ClO4S. The van der Waals surface area contributed by atoms with Gasteiger partial charge >= 0.3 is 0 Å². The molecule has 0 radical (unpaired) electrons. The summed E-state index contributed by atoms with van der Waals surface area (Å²) in [5, 5.41) is -0.830. The molecular weight excluding hydrogens is 348 g/mol. The number of benzene rings is 1. The Labute approximate surface area is 148 Å². The lowest BCUT2D eigenvalue weighted by Gasteiger charge is -2.36. The fourth-order valence-corrected chi connectivity index (χ4v) is 4.17. The maximum Gasteiger partial charge on any atom is 0.239 e. The van der Waals surface area contributed by atoms with E-state index < -0.39 is 20.1 Å².